The summed E-state index contributed by atoms with van der Waals surface area (Å²) in [6.07, 6.45) is 2.10. The lowest BCUT2D eigenvalue weighted by molar-refractivity contribution is 0.514. The molecule has 0 radical (unpaired) electrons. The van der Waals surface area contributed by atoms with E-state index in [1.54, 1.807) is 10.8 Å². The zero-order chi connectivity index (χ0) is 16.9. The van der Waals surface area contributed by atoms with Crippen LogP contribution >= 0.6 is 0 Å². The van der Waals surface area contributed by atoms with Crippen LogP contribution in [0, 0.1) is 11.6 Å². The van der Waals surface area contributed by atoms with Gasteiger partial charge in [-0.25, -0.2) is 8.78 Å². The third kappa shape index (κ3) is 2.24. The van der Waals surface area contributed by atoms with Gasteiger partial charge in [0.25, 0.3) is 0 Å². The first-order valence-electron chi connectivity index (χ1n) is 7.58. The Hall–Kier alpha value is -2.83. The van der Waals surface area contributed by atoms with Crippen molar-refractivity contribution >= 4 is 5.69 Å². The van der Waals surface area contributed by atoms with E-state index >= 15 is 0 Å². The number of nitrogens with one attached hydrogen (secondary N) is 1. The molecule has 0 spiro atoms. The second-order valence-electron chi connectivity index (χ2n) is 6.31. The second-order valence-corrected chi connectivity index (χ2v) is 6.31. The number of benzene rings is 1. The number of fused-ring (bicyclic) bond motifs is 3. The van der Waals surface area contributed by atoms with E-state index < -0.39 is 17.2 Å². The molecule has 0 saturated carbocycles. The van der Waals surface area contributed by atoms with Crippen LogP contribution in [0.4, 0.5) is 14.5 Å². The van der Waals surface area contributed by atoms with E-state index in [0.717, 1.165) is 11.8 Å². The van der Waals surface area contributed by atoms with Crippen molar-refractivity contribution in [1.29, 1.82) is 0 Å². The van der Waals surface area contributed by atoms with Crippen molar-refractivity contribution in [2.45, 2.75) is 25.8 Å². The highest BCUT2D eigenvalue weighted by atomic mass is 19.1. The molecule has 4 rings (SSSR count). The first-order chi connectivity index (χ1) is 11.5. The molecule has 7 heteroatoms. The van der Waals surface area contributed by atoms with E-state index in [1.807, 2.05) is 32.0 Å². The summed E-state index contributed by atoms with van der Waals surface area (Å²) in [5.74, 6) is -0.148. The van der Waals surface area contributed by atoms with Gasteiger partial charge in [-0.3, -0.25) is 9.55 Å². The van der Waals surface area contributed by atoms with Gasteiger partial charge < -0.3 is 5.32 Å². The minimum Gasteiger partial charge on any atom is -0.371 e. The molecule has 0 saturated heterocycles. The molecule has 1 aromatic carbocycles. The zero-order valence-electron chi connectivity index (χ0n) is 13.2. The van der Waals surface area contributed by atoms with Crippen LogP contribution in [0.5, 0.6) is 0 Å². The van der Waals surface area contributed by atoms with Crippen LogP contribution in [0.3, 0.4) is 0 Å². The predicted molar refractivity (Wildman–Crippen MR) is 85.0 cm³/mol. The van der Waals surface area contributed by atoms with Crippen LogP contribution in [0.1, 0.15) is 31.2 Å². The molecule has 2 aromatic heterocycles. The molecule has 0 unspecified atom stereocenters. The van der Waals surface area contributed by atoms with E-state index in [4.69, 9.17) is 0 Å². The van der Waals surface area contributed by atoms with Crippen LogP contribution in [0.2, 0.25) is 0 Å². The van der Waals surface area contributed by atoms with Gasteiger partial charge in [0.2, 0.25) is 0 Å². The molecule has 5 nitrogen and oxygen atoms in total. The molecular weight excluding hydrogens is 312 g/mol. The Kier molecular flexibility index (Phi) is 3.13. The number of aromatic nitrogens is 4. The fourth-order valence-electron chi connectivity index (χ4n) is 3.02. The molecule has 1 N–H and O–H groups in total. The van der Waals surface area contributed by atoms with Gasteiger partial charge in [0.05, 0.1) is 17.6 Å². The van der Waals surface area contributed by atoms with Crippen molar-refractivity contribution in [3.63, 3.8) is 0 Å². The van der Waals surface area contributed by atoms with Crippen LogP contribution in [-0.4, -0.2) is 19.7 Å². The molecule has 1 aliphatic heterocycles. The molecule has 0 fully saturated rings. The van der Waals surface area contributed by atoms with Gasteiger partial charge in [0.15, 0.2) is 11.6 Å². The van der Waals surface area contributed by atoms with Crippen molar-refractivity contribution < 1.29 is 8.78 Å². The lowest BCUT2D eigenvalue weighted by atomic mass is 9.99. The number of rotatable bonds is 2. The van der Waals surface area contributed by atoms with Crippen LogP contribution < -0.4 is 5.32 Å². The van der Waals surface area contributed by atoms with Crippen molar-refractivity contribution in [2.75, 3.05) is 5.32 Å². The first kappa shape index (κ1) is 14.7. The molecule has 24 heavy (non-hydrogen) atoms. The highest BCUT2D eigenvalue weighted by Crippen LogP contribution is 2.38. The van der Waals surface area contributed by atoms with Crippen molar-refractivity contribution in [3.8, 4) is 5.69 Å². The predicted octanol–water partition coefficient (Wildman–Crippen LogP) is 3.19. The molecule has 0 bridgehead atoms. The molecule has 122 valence electrons. The summed E-state index contributed by atoms with van der Waals surface area (Å²) in [7, 11) is 0. The highest BCUT2D eigenvalue weighted by molar-refractivity contribution is 5.67. The van der Waals surface area contributed by atoms with Gasteiger partial charge in [-0.15, -0.1) is 10.2 Å². The number of anilines is 1. The van der Waals surface area contributed by atoms with E-state index in [2.05, 4.69) is 20.5 Å². The SMILES string of the molecule is CC1(C)Nc2cc(F)cc(F)c2-n2c(Cc3ccccn3)nnc21. The number of halogens is 2. The maximum absolute atomic E-state index is 14.5. The Morgan fingerprint density at radius 2 is 2.00 bits per heavy atom. The molecule has 1 aliphatic rings. The molecule has 0 amide bonds. The second kappa shape index (κ2) is 5.09. The average molecular weight is 327 g/mol. The first-order valence-corrected chi connectivity index (χ1v) is 7.58. The monoisotopic (exact) mass is 327 g/mol. The van der Waals surface area contributed by atoms with Gasteiger partial charge in [0.1, 0.15) is 17.3 Å². The quantitative estimate of drug-likeness (QED) is 0.785. The summed E-state index contributed by atoms with van der Waals surface area (Å²) in [6.45, 7) is 3.79. The summed E-state index contributed by atoms with van der Waals surface area (Å²) in [4.78, 5) is 4.28. The topological polar surface area (TPSA) is 55.6 Å². The van der Waals surface area contributed by atoms with E-state index in [-0.39, 0.29) is 5.69 Å². The van der Waals surface area contributed by atoms with Crippen molar-refractivity contribution in [3.05, 3.63) is 65.5 Å². The summed E-state index contributed by atoms with van der Waals surface area (Å²) >= 11 is 0. The number of pyridine rings is 1. The summed E-state index contributed by atoms with van der Waals surface area (Å²) in [5.41, 5.74) is 0.810. The molecular formula is C17H15F2N5. The van der Waals surface area contributed by atoms with Gasteiger partial charge in [-0.2, -0.15) is 0 Å². The van der Waals surface area contributed by atoms with Gasteiger partial charge in [-0.1, -0.05) is 6.07 Å². The summed E-state index contributed by atoms with van der Waals surface area (Å²) in [5, 5.41) is 11.6. The maximum atomic E-state index is 14.5. The van der Waals surface area contributed by atoms with Gasteiger partial charge in [0, 0.05) is 18.0 Å². The van der Waals surface area contributed by atoms with E-state index in [1.165, 1.54) is 6.07 Å². The Balaban J connectivity index is 1.91. The van der Waals surface area contributed by atoms with Crippen LogP contribution in [0.15, 0.2) is 36.5 Å². The third-order valence-electron chi connectivity index (χ3n) is 4.05. The zero-order valence-corrected chi connectivity index (χ0v) is 13.2. The summed E-state index contributed by atoms with van der Waals surface area (Å²) < 4.78 is 29.8. The smallest absolute Gasteiger partial charge is 0.162 e. The van der Waals surface area contributed by atoms with E-state index in [9.17, 15) is 8.78 Å². The standard InChI is InChI=1S/C17H15F2N5/c1-17(2)16-23-22-14(9-11-5-3-4-6-20-11)24(16)15-12(19)7-10(18)8-13(15)21-17/h3-8,21H,9H2,1-2H3. The molecule has 3 heterocycles. The van der Waals surface area contributed by atoms with Crippen molar-refractivity contribution in [2.24, 2.45) is 0 Å². The Morgan fingerprint density at radius 3 is 2.75 bits per heavy atom. The number of nitrogens with zero attached hydrogens (tertiary/aromatic N) is 4. The van der Waals surface area contributed by atoms with E-state index in [0.29, 0.717) is 23.8 Å². The minimum absolute atomic E-state index is 0.238. The Morgan fingerprint density at radius 1 is 1.17 bits per heavy atom. The fraction of sp³-hybridized carbons (Fsp3) is 0.235. The lowest BCUT2D eigenvalue weighted by Gasteiger charge is -2.34. The van der Waals surface area contributed by atoms with Gasteiger partial charge in [-0.05, 0) is 32.0 Å². The van der Waals surface area contributed by atoms with Crippen LogP contribution in [-0.2, 0) is 12.0 Å². The normalized spacial score (nSPS) is 14.7. The van der Waals surface area contributed by atoms with Gasteiger partial charge >= 0.3 is 0 Å². The van der Waals surface area contributed by atoms with Crippen LogP contribution in [0.25, 0.3) is 5.69 Å². The molecule has 0 aliphatic carbocycles. The summed E-state index contributed by atoms with van der Waals surface area (Å²) in [6, 6.07) is 7.73. The Bertz CT molecular complexity index is 918. The Labute approximate surface area is 137 Å². The number of hydrogen-bond acceptors (Lipinski definition) is 4. The lowest BCUT2D eigenvalue weighted by Crippen LogP contribution is -2.36. The van der Waals surface area contributed by atoms with Crippen molar-refractivity contribution in [1.82, 2.24) is 19.7 Å². The fourth-order valence-corrected chi connectivity index (χ4v) is 3.02. The maximum Gasteiger partial charge on any atom is 0.162 e. The minimum atomic E-state index is -0.656. The number of hydrogen-bond donors (Lipinski definition) is 1. The average Bonchev–Trinajstić information content (AvgIpc) is 2.92. The largest absolute Gasteiger partial charge is 0.371 e. The molecule has 3 aromatic rings. The molecule has 0 atom stereocenters. The third-order valence-corrected chi connectivity index (χ3v) is 4.05. The highest BCUT2D eigenvalue weighted by Gasteiger charge is 2.36.